The maximum Gasteiger partial charge on any atom is 0.348 e. The molecule has 2 saturated heterocycles. The van der Waals surface area contributed by atoms with E-state index in [2.05, 4.69) is 0 Å². The van der Waals surface area contributed by atoms with Gasteiger partial charge in [-0.3, -0.25) is 9.59 Å². The Kier molecular flexibility index (Phi) is 7.70. The van der Waals surface area contributed by atoms with E-state index >= 15 is 0 Å². The van der Waals surface area contributed by atoms with Crippen LogP contribution in [-0.4, -0.2) is 88.8 Å². The quantitative estimate of drug-likeness (QED) is 0.264. The van der Waals surface area contributed by atoms with Crippen molar-refractivity contribution in [1.82, 2.24) is 0 Å². The zero-order valence-electron chi connectivity index (χ0n) is 23.9. The number of ketones is 1. The lowest BCUT2D eigenvalue weighted by atomic mass is 9.38. The molecule has 2 saturated carbocycles. The minimum atomic E-state index is -2.27. The van der Waals surface area contributed by atoms with Crippen molar-refractivity contribution in [2.45, 2.75) is 69.2 Å². The van der Waals surface area contributed by atoms with Crippen LogP contribution in [0.5, 0.6) is 0 Å². The summed E-state index contributed by atoms with van der Waals surface area (Å²) in [6, 6.07) is 7.80. The highest BCUT2D eigenvalue weighted by molar-refractivity contribution is 5.95. The van der Waals surface area contributed by atoms with Crippen molar-refractivity contribution in [2.75, 3.05) is 13.7 Å². The van der Waals surface area contributed by atoms with Crippen molar-refractivity contribution in [2.24, 2.45) is 34.3 Å². The summed E-state index contributed by atoms with van der Waals surface area (Å²) in [7, 11) is 1.08. The number of nitrogens with two attached hydrogens (primary N) is 1. The van der Waals surface area contributed by atoms with Crippen molar-refractivity contribution in [1.29, 1.82) is 0 Å². The largest absolute Gasteiger partial charge is 0.504 e. The van der Waals surface area contributed by atoms with Gasteiger partial charge in [0.1, 0.15) is 18.2 Å². The van der Waals surface area contributed by atoms with Crippen LogP contribution in [0, 0.1) is 28.6 Å². The first-order valence-corrected chi connectivity index (χ1v) is 14.1. The normalized spacial score (nSPS) is 41.7. The standard InChI is InChI=1S/C30H35NO11.ClH/c1-13-15-10-18-29-12-40-30(27(38)39-3,24(35)20(34)22(29)28(15,2)11-17(32)19(13)33)23(29)21(26(37)41-18)42-25(36)16(31)9-14-7-5-4-6-8-14;/h4-8,15-16,18,20-24,33-35H,9-12,31H2,1-3H3;1H/t15-,16?,18+,20+,21+,22+,23+,24-,28-,29+,30-;/m0./s1. The molecule has 11 atom stereocenters. The average Bonchev–Trinajstić information content (AvgIpc) is 3.27. The van der Waals surface area contributed by atoms with Gasteiger partial charge in [0.15, 0.2) is 11.5 Å². The Morgan fingerprint density at radius 1 is 1.16 bits per heavy atom. The van der Waals surface area contributed by atoms with E-state index in [1.807, 2.05) is 6.07 Å². The second kappa shape index (κ2) is 10.6. The molecule has 43 heavy (non-hydrogen) atoms. The van der Waals surface area contributed by atoms with E-state index in [0.717, 1.165) is 12.7 Å². The number of esters is 3. The zero-order valence-corrected chi connectivity index (χ0v) is 24.7. The summed E-state index contributed by atoms with van der Waals surface area (Å²) in [5.41, 5.74) is 2.66. The van der Waals surface area contributed by atoms with Gasteiger partial charge in [-0.2, -0.15) is 0 Å². The molecule has 1 spiro atoms. The summed E-state index contributed by atoms with van der Waals surface area (Å²) >= 11 is 0. The molecule has 2 aliphatic heterocycles. The maximum absolute atomic E-state index is 13.7. The van der Waals surface area contributed by atoms with Gasteiger partial charge >= 0.3 is 17.9 Å². The summed E-state index contributed by atoms with van der Waals surface area (Å²) in [4.78, 5) is 53.4. The van der Waals surface area contributed by atoms with Crippen molar-refractivity contribution in [3.63, 3.8) is 0 Å². The number of halogens is 1. The molecule has 12 nitrogen and oxygen atoms in total. The van der Waals surface area contributed by atoms with Gasteiger partial charge in [0, 0.05) is 17.8 Å². The topological polar surface area (TPSA) is 192 Å². The molecule has 1 aromatic rings. The fourth-order valence-corrected chi connectivity index (χ4v) is 9.02. The maximum atomic E-state index is 13.7. The van der Waals surface area contributed by atoms with Crippen LogP contribution >= 0.6 is 12.4 Å². The number of Topliss-reactive ketones (excluding diaryl/α,β-unsaturated/α-hetero) is 1. The fourth-order valence-electron chi connectivity index (χ4n) is 9.02. The SMILES string of the molecule is COC(=O)[C@@]12OC[C@]34[C@H]([C@@H](O)[C@@H]1O)[C@@]1(C)CC(=O)C(O)=C(C)[C@@H]1C[C@H]3OC(=O)[C@H](OC(=O)C(N)Cc1ccccc1)[C@@H]24.Cl. The number of allylic oxidation sites excluding steroid dienone is 2. The Balaban J connectivity index is 0.00000368. The van der Waals surface area contributed by atoms with Gasteiger partial charge in [-0.25, -0.2) is 9.59 Å². The first kappa shape index (κ1) is 31.4. The highest BCUT2D eigenvalue weighted by Crippen LogP contribution is 2.72. The molecule has 3 aliphatic carbocycles. The lowest BCUT2D eigenvalue weighted by Gasteiger charge is -2.67. The van der Waals surface area contributed by atoms with Gasteiger partial charge < -0.3 is 40.0 Å². The van der Waals surface area contributed by atoms with Gasteiger partial charge in [-0.1, -0.05) is 37.3 Å². The van der Waals surface area contributed by atoms with E-state index in [1.54, 1.807) is 38.1 Å². The number of fused-ring (bicyclic) bond motifs is 2. The molecule has 4 fully saturated rings. The molecule has 6 rings (SSSR count). The van der Waals surface area contributed by atoms with E-state index in [4.69, 9.17) is 24.7 Å². The van der Waals surface area contributed by atoms with Crippen LogP contribution < -0.4 is 5.73 Å². The van der Waals surface area contributed by atoms with Gasteiger partial charge in [0.2, 0.25) is 11.7 Å². The summed E-state index contributed by atoms with van der Waals surface area (Å²) in [6.45, 7) is 3.15. The number of rotatable bonds is 5. The van der Waals surface area contributed by atoms with Crippen molar-refractivity contribution < 1.29 is 53.4 Å². The van der Waals surface area contributed by atoms with Crippen molar-refractivity contribution >= 4 is 36.1 Å². The highest BCUT2D eigenvalue weighted by atomic mass is 35.5. The molecule has 0 amide bonds. The fraction of sp³-hybridized carbons (Fsp3) is 0.600. The Morgan fingerprint density at radius 2 is 1.84 bits per heavy atom. The van der Waals surface area contributed by atoms with Crippen LogP contribution in [0.4, 0.5) is 0 Å². The molecule has 2 heterocycles. The van der Waals surface area contributed by atoms with Crippen LogP contribution in [0.3, 0.4) is 0 Å². The number of aliphatic hydroxyl groups is 3. The molecule has 1 unspecified atom stereocenters. The number of aliphatic hydroxyl groups excluding tert-OH is 3. The third-order valence-electron chi connectivity index (χ3n) is 10.7. The first-order chi connectivity index (χ1) is 19.8. The van der Waals surface area contributed by atoms with Gasteiger partial charge in [0.05, 0.1) is 25.7 Å². The highest BCUT2D eigenvalue weighted by Gasteiger charge is 2.85. The lowest BCUT2D eigenvalue weighted by Crippen LogP contribution is -2.79. The van der Waals surface area contributed by atoms with Crippen LogP contribution in [0.2, 0.25) is 0 Å². The first-order valence-electron chi connectivity index (χ1n) is 14.1. The minimum absolute atomic E-state index is 0. The number of benzene rings is 1. The Bertz CT molecular complexity index is 1390. The van der Waals surface area contributed by atoms with Crippen molar-refractivity contribution in [3.05, 3.63) is 47.2 Å². The van der Waals surface area contributed by atoms with Gasteiger partial charge in [0.25, 0.3) is 0 Å². The predicted molar refractivity (Wildman–Crippen MR) is 148 cm³/mol. The molecule has 0 radical (unpaired) electrons. The molecule has 5 aliphatic rings. The Morgan fingerprint density at radius 3 is 2.49 bits per heavy atom. The third-order valence-corrected chi connectivity index (χ3v) is 10.7. The number of methoxy groups -OCH3 is 1. The molecular formula is C30H36ClNO11. The number of ether oxygens (including phenoxy) is 4. The third kappa shape index (κ3) is 4.03. The van der Waals surface area contributed by atoms with Crippen LogP contribution in [-0.2, 0) is 44.5 Å². The monoisotopic (exact) mass is 621 g/mol. The summed E-state index contributed by atoms with van der Waals surface area (Å²) in [5.74, 6) is -6.61. The van der Waals surface area contributed by atoms with E-state index in [9.17, 15) is 34.5 Å². The molecular weight excluding hydrogens is 586 g/mol. The van der Waals surface area contributed by atoms with Gasteiger partial charge in [-0.05, 0) is 42.2 Å². The van der Waals surface area contributed by atoms with Crippen molar-refractivity contribution in [3.8, 4) is 0 Å². The number of hydrogen-bond donors (Lipinski definition) is 4. The smallest absolute Gasteiger partial charge is 0.348 e. The second-order valence-corrected chi connectivity index (χ2v) is 12.6. The molecule has 234 valence electrons. The number of hydrogen-bond acceptors (Lipinski definition) is 12. The van der Waals surface area contributed by atoms with E-state index < -0.39 is 88.3 Å². The number of carbonyl (C=O) groups excluding carboxylic acids is 4. The Hall–Kier alpha value is -3.03. The molecule has 0 aromatic heterocycles. The predicted octanol–water partition coefficient (Wildman–Crippen LogP) is 0.543. The molecule has 13 heteroatoms. The number of carbonyl (C=O) groups is 4. The minimum Gasteiger partial charge on any atom is -0.504 e. The summed E-state index contributed by atoms with van der Waals surface area (Å²) in [6.07, 6.45) is -6.13. The van der Waals surface area contributed by atoms with E-state index in [0.29, 0.717) is 5.57 Å². The summed E-state index contributed by atoms with van der Waals surface area (Å²) < 4.78 is 22.8. The molecule has 5 N–H and O–H groups in total. The molecule has 2 bridgehead atoms. The van der Waals surface area contributed by atoms with Crippen LogP contribution in [0.25, 0.3) is 0 Å². The average molecular weight is 622 g/mol. The second-order valence-electron chi connectivity index (χ2n) is 12.6. The van der Waals surface area contributed by atoms with Crippen LogP contribution in [0.1, 0.15) is 32.3 Å². The van der Waals surface area contributed by atoms with E-state index in [-0.39, 0.29) is 44.0 Å². The molecule has 1 aromatic carbocycles. The van der Waals surface area contributed by atoms with E-state index in [1.165, 1.54) is 0 Å². The summed E-state index contributed by atoms with van der Waals surface area (Å²) in [5, 5.41) is 33.9. The lowest BCUT2D eigenvalue weighted by molar-refractivity contribution is -0.290. The van der Waals surface area contributed by atoms with Gasteiger partial charge in [-0.15, -0.1) is 12.4 Å². The zero-order chi connectivity index (χ0) is 30.4. The van der Waals surface area contributed by atoms with Crippen LogP contribution in [0.15, 0.2) is 41.7 Å². The Labute approximate surface area is 253 Å².